The largest absolute Gasteiger partial charge is 0.349 e. The van der Waals surface area contributed by atoms with Crippen LogP contribution >= 0.6 is 11.8 Å². The minimum atomic E-state index is -0.452. The molecule has 6 nitrogen and oxygen atoms in total. The Labute approximate surface area is 148 Å². The van der Waals surface area contributed by atoms with Crippen LogP contribution in [-0.2, 0) is 16.1 Å². The topological polar surface area (TPSA) is 79.4 Å². The van der Waals surface area contributed by atoms with Gasteiger partial charge in [0.25, 0.3) is 11.1 Å². The number of benzene rings is 1. The fourth-order valence-electron chi connectivity index (χ4n) is 2.23. The van der Waals surface area contributed by atoms with Crippen LogP contribution in [0, 0.1) is 0 Å². The number of hydrogen-bond donors (Lipinski definition) is 1. The Morgan fingerprint density at radius 1 is 1.12 bits per heavy atom. The number of carbonyl (C=O) groups excluding carboxylic acids is 3. The highest BCUT2D eigenvalue weighted by molar-refractivity contribution is 8.18. The zero-order valence-electron chi connectivity index (χ0n) is 13.2. The molecule has 0 bridgehead atoms. The van der Waals surface area contributed by atoms with Crippen LogP contribution < -0.4 is 5.32 Å². The summed E-state index contributed by atoms with van der Waals surface area (Å²) < 4.78 is 0. The fraction of sp³-hybridized carbons (Fsp3) is 0.111. The zero-order valence-corrected chi connectivity index (χ0v) is 14.0. The maximum absolute atomic E-state index is 12.4. The van der Waals surface area contributed by atoms with Gasteiger partial charge < -0.3 is 5.32 Å². The van der Waals surface area contributed by atoms with Gasteiger partial charge >= 0.3 is 0 Å². The van der Waals surface area contributed by atoms with Gasteiger partial charge in [0.1, 0.15) is 6.54 Å². The van der Waals surface area contributed by atoms with Gasteiger partial charge in [0.05, 0.1) is 17.1 Å². The van der Waals surface area contributed by atoms with E-state index in [0.717, 1.165) is 22.2 Å². The van der Waals surface area contributed by atoms with E-state index in [1.807, 2.05) is 36.4 Å². The van der Waals surface area contributed by atoms with Crippen molar-refractivity contribution in [1.82, 2.24) is 15.2 Å². The van der Waals surface area contributed by atoms with Gasteiger partial charge in [-0.05, 0) is 35.5 Å². The molecule has 126 valence electrons. The van der Waals surface area contributed by atoms with Crippen LogP contribution in [0.1, 0.15) is 11.3 Å². The van der Waals surface area contributed by atoms with Gasteiger partial charge in [0, 0.05) is 6.20 Å². The second kappa shape index (κ2) is 7.76. The van der Waals surface area contributed by atoms with Crippen molar-refractivity contribution in [2.75, 3.05) is 6.54 Å². The molecule has 0 atom stereocenters. The summed E-state index contributed by atoms with van der Waals surface area (Å²) in [5, 5.41) is 2.21. The maximum Gasteiger partial charge on any atom is 0.294 e. The third-order valence-electron chi connectivity index (χ3n) is 3.47. The molecule has 0 saturated carbocycles. The number of amides is 3. The van der Waals surface area contributed by atoms with Crippen LogP contribution in [0.2, 0.25) is 0 Å². The first-order valence-electron chi connectivity index (χ1n) is 7.60. The lowest BCUT2D eigenvalue weighted by atomic mass is 10.2. The van der Waals surface area contributed by atoms with Crippen molar-refractivity contribution in [3.63, 3.8) is 0 Å². The van der Waals surface area contributed by atoms with Crippen LogP contribution in [0.15, 0.2) is 59.6 Å². The Morgan fingerprint density at radius 3 is 2.60 bits per heavy atom. The minimum absolute atomic E-state index is 0.246. The predicted octanol–water partition coefficient (Wildman–Crippen LogP) is 2.43. The first kappa shape index (κ1) is 16.9. The standard InChI is InChI=1S/C18H15N3O3S/c22-16(20-11-14-8-4-5-9-19-14)12-21-17(23)15(25-18(21)24)10-13-6-2-1-3-7-13/h1-10H,11-12H2,(H,20,22)/b15-10+. The number of nitrogens with zero attached hydrogens (tertiary/aromatic N) is 2. The van der Waals surface area contributed by atoms with Gasteiger partial charge in [0.2, 0.25) is 5.91 Å². The average Bonchev–Trinajstić information content (AvgIpc) is 2.89. The molecule has 3 amide bonds. The van der Waals surface area contributed by atoms with Gasteiger partial charge in [-0.2, -0.15) is 0 Å². The monoisotopic (exact) mass is 353 g/mol. The summed E-state index contributed by atoms with van der Waals surface area (Å²) in [6.07, 6.45) is 3.28. The first-order valence-corrected chi connectivity index (χ1v) is 8.42. The molecule has 0 spiro atoms. The first-order chi connectivity index (χ1) is 12.1. The van der Waals surface area contributed by atoms with Crippen molar-refractivity contribution in [1.29, 1.82) is 0 Å². The number of rotatable bonds is 5. The molecule has 0 unspecified atom stereocenters. The summed E-state index contributed by atoms with van der Waals surface area (Å²) >= 11 is 0.839. The Morgan fingerprint density at radius 2 is 1.88 bits per heavy atom. The number of imide groups is 1. The lowest BCUT2D eigenvalue weighted by Gasteiger charge is -2.12. The normalized spacial score (nSPS) is 15.7. The second-order valence-electron chi connectivity index (χ2n) is 5.28. The minimum Gasteiger partial charge on any atom is -0.349 e. The van der Waals surface area contributed by atoms with Crippen molar-refractivity contribution in [2.24, 2.45) is 0 Å². The molecule has 1 aliphatic heterocycles. The Bertz CT molecular complexity index is 822. The SMILES string of the molecule is O=C(CN1C(=O)S/C(=C/c2ccccc2)C1=O)NCc1ccccn1. The van der Waals surface area contributed by atoms with Gasteiger partial charge in [-0.1, -0.05) is 36.4 Å². The van der Waals surface area contributed by atoms with E-state index in [0.29, 0.717) is 10.6 Å². The number of hydrogen-bond acceptors (Lipinski definition) is 5. The van der Waals surface area contributed by atoms with E-state index in [4.69, 9.17) is 0 Å². The number of carbonyl (C=O) groups is 3. The van der Waals surface area contributed by atoms with Crippen molar-refractivity contribution >= 4 is 34.9 Å². The molecular formula is C18H15N3O3S. The number of nitrogens with one attached hydrogen (secondary N) is 1. The summed E-state index contributed by atoms with van der Waals surface area (Å²) in [7, 11) is 0. The Balaban J connectivity index is 1.61. The van der Waals surface area contributed by atoms with Crippen LogP contribution in [-0.4, -0.2) is 33.5 Å². The molecule has 1 aliphatic rings. The third kappa shape index (κ3) is 4.33. The van der Waals surface area contributed by atoms with E-state index < -0.39 is 17.1 Å². The fourth-order valence-corrected chi connectivity index (χ4v) is 3.07. The van der Waals surface area contributed by atoms with E-state index in [-0.39, 0.29) is 13.1 Å². The van der Waals surface area contributed by atoms with Gasteiger partial charge in [-0.25, -0.2) is 0 Å². The number of aromatic nitrogens is 1. The van der Waals surface area contributed by atoms with Crippen LogP contribution in [0.4, 0.5) is 4.79 Å². The van der Waals surface area contributed by atoms with Crippen LogP contribution in [0.3, 0.4) is 0 Å². The number of pyridine rings is 1. The average molecular weight is 353 g/mol. The molecule has 1 aromatic carbocycles. The van der Waals surface area contributed by atoms with E-state index in [9.17, 15) is 14.4 Å². The second-order valence-corrected chi connectivity index (χ2v) is 6.27. The smallest absolute Gasteiger partial charge is 0.294 e. The van der Waals surface area contributed by atoms with Crippen molar-refractivity contribution in [3.8, 4) is 0 Å². The molecule has 0 aliphatic carbocycles. The summed E-state index contributed by atoms with van der Waals surface area (Å²) in [6, 6.07) is 14.6. The van der Waals surface area contributed by atoms with Crippen molar-refractivity contribution in [3.05, 3.63) is 70.9 Å². The molecule has 2 aromatic rings. The number of thioether (sulfide) groups is 1. The quantitative estimate of drug-likeness (QED) is 0.835. The van der Waals surface area contributed by atoms with Crippen molar-refractivity contribution in [2.45, 2.75) is 6.54 Å². The lowest BCUT2D eigenvalue weighted by molar-refractivity contribution is -0.129. The highest BCUT2D eigenvalue weighted by Gasteiger charge is 2.36. The molecule has 0 radical (unpaired) electrons. The molecular weight excluding hydrogens is 338 g/mol. The predicted molar refractivity (Wildman–Crippen MR) is 95.2 cm³/mol. The summed E-state index contributed by atoms with van der Waals surface area (Å²) in [5.41, 5.74) is 1.53. The third-order valence-corrected chi connectivity index (χ3v) is 4.37. The zero-order chi connectivity index (χ0) is 17.6. The van der Waals surface area contributed by atoms with Crippen LogP contribution in [0.5, 0.6) is 0 Å². The van der Waals surface area contributed by atoms with Crippen molar-refractivity contribution < 1.29 is 14.4 Å². The summed E-state index contributed by atoms with van der Waals surface area (Å²) in [4.78, 5) is 41.8. The molecule has 1 saturated heterocycles. The maximum atomic E-state index is 12.4. The van der Waals surface area contributed by atoms with Gasteiger partial charge in [-0.3, -0.25) is 24.3 Å². The molecule has 3 rings (SSSR count). The Hall–Kier alpha value is -2.93. The lowest BCUT2D eigenvalue weighted by Crippen LogP contribution is -2.39. The molecule has 1 fully saturated rings. The van der Waals surface area contributed by atoms with E-state index in [1.54, 1.807) is 24.4 Å². The van der Waals surface area contributed by atoms with Gasteiger partial charge in [-0.15, -0.1) is 0 Å². The van der Waals surface area contributed by atoms with E-state index in [1.165, 1.54) is 0 Å². The summed E-state index contributed by atoms with van der Waals surface area (Å²) in [5.74, 6) is -0.860. The van der Waals surface area contributed by atoms with E-state index >= 15 is 0 Å². The van der Waals surface area contributed by atoms with E-state index in [2.05, 4.69) is 10.3 Å². The molecule has 1 N–H and O–H groups in total. The van der Waals surface area contributed by atoms with Gasteiger partial charge in [0.15, 0.2) is 0 Å². The van der Waals surface area contributed by atoms with Crippen LogP contribution in [0.25, 0.3) is 6.08 Å². The molecule has 2 heterocycles. The highest BCUT2D eigenvalue weighted by Crippen LogP contribution is 2.31. The highest BCUT2D eigenvalue weighted by atomic mass is 32.2. The Kier molecular flexibility index (Phi) is 5.25. The molecule has 25 heavy (non-hydrogen) atoms. The summed E-state index contributed by atoms with van der Waals surface area (Å²) in [6.45, 7) is -0.0562. The molecule has 7 heteroatoms. The molecule has 1 aromatic heterocycles.